The summed E-state index contributed by atoms with van der Waals surface area (Å²) in [6.45, 7) is 10.8. The molecule has 0 N–H and O–H groups in total. The molecule has 0 fully saturated rings. The summed E-state index contributed by atoms with van der Waals surface area (Å²) in [5, 5.41) is 2.22. The average Bonchev–Trinajstić information content (AvgIpc) is 3.10. The summed E-state index contributed by atoms with van der Waals surface area (Å²) >= 11 is 0. The molecule has 4 aromatic carbocycles. The Morgan fingerprint density at radius 3 is 1.55 bits per heavy atom. The topological polar surface area (TPSA) is 90.9 Å². The van der Waals surface area contributed by atoms with Crippen molar-refractivity contribution in [2.45, 2.75) is 62.5 Å². The highest BCUT2D eigenvalue weighted by atomic mass is 32.2. The Hall–Kier alpha value is -3.93. The molecule has 3 atom stereocenters. The van der Waals surface area contributed by atoms with E-state index in [1.54, 1.807) is 32.9 Å². The fourth-order valence-corrected chi connectivity index (χ4v) is 9.92. The van der Waals surface area contributed by atoms with Gasteiger partial charge in [0.15, 0.2) is 0 Å². The Morgan fingerprint density at radius 2 is 1.04 bits per heavy atom. The van der Waals surface area contributed by atoms with Gasteiger partial charge in [0.2, 0.25) is 20.0 Å². The van der Waals surface area contributed by atoms with E-state index in [1.807, 2.05) is 88.4 Å². The number of rotatable bonds is 6. The van der Waals surface area contributed by atoms with Gasteiger partial charge in [-0.1, -0.05) is 83.9 Å². The van der Waals surface area contributed by atoms with E-state index in [-0.39, 0.29) is 28.9 Å². The van der Waals surface area contributed by atoms with E-state index in [0.717, 1.165) is 27.5 Å². The van der Waals surface area contributed by atoms with Crippen LogP contribution in [0.3, 0.4) is 0 Å². The van der Waals surface area contributed by atoms with Gasteiger partial charge in [0.1, 0.15) is 0 Å². The minimum atomic E-state index is -3.92. The molecule has 0 amide bonds. The van der Waals surface area contributed by atoms with Crippen molar-refractivity contribution < 1.29 is 16.8 Å². The van der Waals surface area contributed by atoms with Gasteiger partial charge in [-0.15, -0.1) is 0 Å². The lowest BCUT2D eigenvalue weighted by molar-refractivity contribution is 0.167. The quantitative estimate of drug-likeness (QED) is 0.184. The summed E-state index contributed by atoms with van der Waals surface area (Å²) < 4.78 is 60.5. The number of aryl methyl sites for hydroxylation is 2. The lowest BCUT2D eigenvalue weighted by Gasteiger charge is -2.37. The molecular weight excluding hydrogens is 653 g/mol. The predicted octanol–water partition coefficient (Wildman–Crippen LogP) is 7.43. The number of fused-ring (bicyclic) bond motifs is 3. The molecule has 5 aromatic rings. The van der Waals surface area contributed by atoms with Gasteiger partial charge in [0, 0.05) is 32.2 Å². The van der Waals surface area contributed by atoms with Crippen molar-refractivity contribution in [3.63, 3.8) is 0 Å². The Balaban J connectivity index is 1.48. The van der Waals surface area contributed by atoms with Gasteiger partial charge in [-0.3, -0.25) is 9.88 Å². The van der Waals surface area contributed by atoms with E-state index in [9.17, 15) is 16.8 Å². The number of aromatic nitrogens is 1. The lowest BCUT2D eigenvalue weighted by atomic mass is 9.98. The molecule has 6 rings (SSSR count). The van der Waals surface area contributed by atoms with Crippen LogP contribution >= 0.6 is 0 Å². The van der Waals surface area contributed by atoms with Crippen LogP contribution in [0.1, 0.15) is 67.0 Å². The van der Waals surface area contributed by atoms with Crippen LogP contribution in [-0.2, 0) is 20.0 Å². The number of hydrogen-bond acceptors (Lipinski definition) is 6. The van der Waals surface area contributed by atoms with Gasteiger partial charge in [0.25, 0.3) is 0 Å². The van der Waals surface area contributed by atoms with Crippen LogP contribution in [-0.4, -0.2) is 61.5 Å². The summed E-state index contributed by atoms with van der Waals surface area (Å²) in [7, 11) is -7.84. The molecule has 1 aromatic heterocycles. The zero-order chi connectivity index (χ0) is 34.9. The molecule has 0 radical (unpaired) electrons. The minimum Gasteiger partial charge on any atom is -0.294 e. The van der Waals surface area contributed by atoms with Gasteiger partial charge in [0.05, 0.1) is 33.3 Å². The second-order valence-electron chi connectivity index (χ2n) is 13.0. The zero-order valence-electron chi connectivity index (χ0n) is 28.7. The van der Waals surface area contributed by atoms with E-state index in [4.69, 9.17) is 4.98 Å². The highest BCUT2D eigenvalue weighted by molar-refractivity contribution is 7.89. The SMILES string of the molecule is Cc1ccc(S(=O)(=O)N2CCN([C@@H](C)c3cccc4ccccc34)CCN(S(=O)(=O)c3ccc(C)cc3)[C@@H](C)c3cccc(n3)[C@H]2C)cc1. The average molecular weight is 697 g/mol. The molecule has 0 spiro atoms. The fourth-order valence-electron chi connectivity index (χ4n) is 6.73. The molecule has 49 heavy (non-hydrogen) atoms. The third-order valence-corrected chi connectivity index (χ3v) is 13.8. The molecule has 8 nitrogen and oxygen atoms in total. The number of nitrogens with zero attached hydrogens (tertiary/aromatic N) is 4. The molecule has 1 aliphatic rings. The van der Waals surface area contributed by atoms with Crippen molar-refractivity contribution in [1.82, 2.24) is 18.5 Å². The van der Waals surface area contributed by atoms with Crippen molar-refractivity contribution >= 4 is 30.8 Å². The molecule has 0 saturated carbocycles. The van der Waals surface area contributed by atoms with E-state index < -0.39 is 32.1 Å². The summed E-state index contributed by atoms with van der Waals surface area (Å²) in [4.78, 5) is 7.58. The summed E-state index contributed by atoms with van der Waals surface area (Å²) in [6.07, 6.45) is 0. The molecule has 0 unspecified atom stereocenters. The van der Waals surface area contributed by atoms with Crippen LogP contribution in [0.15, 0.2) is 119 Å². The Kier molecular flexibility index (Phi) is 10.1. The van der Waals surface area contributed by atoms with E-state index in [1.165, 1.54) is 0 Å². The fraction of sp³-hybridized carbons (Fsp3) is 0.308. The maximum atomic E-state index is 14.4. The highest BCUT2D eigenvalue weighted by Gasteiger charge is 2.36. The number of sulfonamides is 2. The van der Waals surface area contributed by atoms with Gasteiger partial charge in [-0.05, 0) is 87.4 Å². The van der Waals surface area contributed by atoms with Gasteiger partial charge in [-0.25, -0.2) is 16.8 Å². The maximum absolute atomic E-state index is 14.4. The summed E-state index contributed by atoms with van der Waals surface area (Å²) in [5.41, 5.74) is 4.16. The monoisotopic (exact) mass is 696 g/mol. The Bertz CT molecular complexity index is 2040. The molecule has 1 aliphatic heterocycles. The van der Waals surface area contributed by atoms with Crippen molar-refractivity contribution in [3.8, 4) is 0 Å². The zero-order valence-corrected chi connectivity index (χ0v) is 30.3. The first-order valence-electron chi connectivity index (χ1n) is 16.7. The van der Waals surface area contributed by atoms with Gasteiger partial charge >= 0.3 is 0 Å². The van der Waals surface area contributed by atoms with Crippen LogP contribution in [0.4, 0.5) is 0 Å². The molecule has 2 bridgehead atoms. The first-order chi connectivity index (χ1) is 23.4. The third-order valence-electron chi connectivity index (χ3n) is 9.80. The lowest BCUT2D eigenvalue weighted by Crippen LogP contribution is -2.45. The Labute approximate surface area is 291 Å². The van der Waals surface area contributed by atoms with E-state index in [0.29, 0.717) is 24.5 Å². The smallest absolute Gasteiger partial charge is 0.243 e. The van der Waals surface area contributed by atoms with Crippen molar-refractivity contribution in [1.29, 1.82) is 0 Å². The number of benzene rings is 4. The van der Waals surface area contributed by atoms with Crippen LogP contribution in [0.25, 0.3) is 10.8 Å². The Morgan fingerprint density at radius 1 is 0.592 bits per heavy atom. The van der Waals surface area contributed by atoms with Crippen molar-refractivity contribution in [3.05, 3.63) is 137 Å². The standard InChI is InChI=1S/C39H44N4O4S2/c1-28-16-20-34(21-17-28)48(44,45)42-26-24-41(30(3)36-13-8-11-33-10-6-7-12-37(33)36)25-27-43(49(46,47)35-22-18-29(2)19-23-35)32(5)39-15-9-14-38(40-39)31(42)4/h6-23,30-32H,24-27H2,1-5H3/t30-,31-,32+/m0/s1. The first-order valence-corrected chi connectivity index (χ1v) is 19.6. The van der Waals surface area contributed by atoms with Crippen LogP contribution < -0.4 is 0 Å². The van der Waals surface area contributed by atoms with Gasteiger partial charge < -0.3 is 0 Å². The number of hydrogen-bond donors (Lipinski definition) is 0. The maximum Gasteiger partial charge on any atom is 0.243 e. The predicted molar refractivity (Wildman–Crippen MR) is 195 cm³/mol. The van der Waals surface area contributed by atoms with Crippen LogP contribution in [0, 0.1) is 13.8 Å². The molecular formula is C39H44N4O4S2. The third kappa shape index (κ3) is 7.07. The first kappa shape index (κ1) is 34.9. The molecule has 0 aliphatic carbocycles. The summed E-state index contributed by atoms with van der Waals surface area (Å²) in [6, 6.07) is 32.4. The van der Waals surface area contributed by atoms with Crippen LogP contribution in [0.2, 0.25) is 0 Å². The second kappa shape index (κ2) is 14.1. The molecule has 256 valence electrons. The number of pyridine rings is 1. The second-order valence-corrected chi connectivity index (χ2v) is 16.8. The molecule has 10 heteroatoms. The van der Waals surface area contributed by atoms with Crippen molar-refractivity contribution in [2.75, 3.05) is 26.2 Å². The summed E-state index contributed by atoms with van der Waals surface area (Å²) in [5.74, 6) is 0. The minimum absolute atomic E-state index is 0.150. The largest absolute Gasteiger partial charge is 0.294 e. The van der Waals surface area contributed by atoms with Gasteiger partial charge in [-0.2, -0.15) is 8.61 Å². The molecule has 2 heterocycles. The highest BCUT2D eigenvalue weighted by Crippen LogP contribution is 2.34. The normalized spacial score (nSPS) is 19.6. The molecule has 0 saturated heterocycles. The van der Waals surface area contributed by atoms with E-state index in [2.05, 4.69) is 36.1 Å². The van der Waals surface area contributed by atoms with E-state index >= 15 is 0 Å². The van der Waals surface area contributed by atoms with Crippen LogP contribution in [0.5, 0.6) is 0 Å². The van der Waals surface area contributed by atoms with Crippen molar-refractivity contribution in [2.24, 2.45) is 0 Å².